The Kier molecular flexibility index (Phi) is 4.54. The molecule has 0 aliphatic heterocycles. The summed E-state index contributed by atoms with van der Waals surface area (Å²) in [5.41, 5.74) is 0.159. The van der Waals surface area contributed by atoms with Crippen LogP contribution in [0.3, 0.4) is 0 Å². The van der Waals surface area contributed by atoms with Crippen molar-refractivity contribution in [2.45, 2.75) is 6.92 Å². The summed E-state index contributed by atoms with van der Waals surface area (Å²) in [6.07, 6.45) is 1.25. The Bertz CT molecular complexity index is 497. The maximum atomic E-state index is 10.9. The lowest BCUT2D eigenvalue weighted by Gasteiger charge is -2.05. The van der Waals surface area contributed by atoms with Crippen LogP contribution < -0.4 is 5.32 Å². The van der Waals surface area contributed by atoms with Crippen LogP contribution in [0.5, 0.6) is 0 Å². The molecule has 0 aliphatic carbocycles. The third-order valence-corrected chi connectivity index (χ3v) is 2.66. The number of nitrogens with one attached hydrogen (secondary N) is 1. The molecule has 0 bridgehead atoms. The Morgan fingerprint density at radius 1 is 1.35 bits per heavy atom. The first kappa shape index (κ1) is 13.5. The minimum Gasteiger partial charge on any atom is -0.477 e. The lowest BCUT2D eigenvalue weighted by molar-refractivity contribution is -0.134. The van der Waals surface area contributed by atoms with Gasteiger partial charge in [0.15, 0.2) is 0 Å². The monoisotopic (exact) mass is 273 g/mol. The number of amides is 1. The Morgan fingerprint density at radius 3 is 2.53 bits per heavy atom. The third-order valence-electron chi connectivity index (χ3n) is 1.82. The van der Waals surface area contributed by atoms with Crippen molar-refractivity contribution in [2.75, 3.05) is 0 Å². The molecule has 0 unspecified atom stereocenters. The first-order chi connectivity index (χ1) is 7.91. The zero-order chi connectivity index (χ0) is 13.0. The minimum absolute atomic E-state index is 0.235. The molecule has 0 fully saturated rings. The van der Waals surface area contributed by atoms with Gasteiger partial charge in [-0.15, -0.1) is 0 Å². The number of carboxylic acids is 1. The van der Waals surface area contributed by atoms with Crippen molar-refractivity contribution in [3.8, 4) is 0 Å². The number of carbonyl (C=O) groups is 2. The second-order valence-electron chi connectivity index (χ2n) is 3.19. The van der Waals surface area contributed by atoms with Crippen LogP contribution in [0.2, 0.25) is 10.0 Å². The number of halogens is 2. The molecule has 4 nitrogen and oxygen atoms in total. The fraction of sp³-hybridized carbons (Fsp3) is 0.0909. The summed E-state index contributed by atoms with van der Waals surface area (Å²) in [5, 5.41) is 11.6. The van der Waals surface area contributed by atoms with Crippen LogP contribution in [0, 0.1) is 0 Å². The van der Waals surface area contributed by atoms with Gasteiger partial charge in [-0.2, -0.15) is 0 Å². The molecule has 0 atom stereocenters. The zero-order valence-corrected chi connectivity index (χ0v) is 10.3. The molecule has 2 N–H and O–H groups in total. The summed E-state index contributed by atoms with van der Waals surface area (Å²) in [7, 11) is 0. The first-order valence-electron chi connectivity index (χ1n) is 4.58. The van der Waals surface area contributed by atoms with Crippen LogP contribution in [-0.2, 0) is 9.59 Å². The summed E-state index contributed by atoms with van der Waals surface area (Å²) >= 11 is 11.7. The van der Waals surface area contributed by atoms with Crippen molar-refractivity contribution in [1.29, 1.82) is 0 Å². The number of hydrogen-bond acceptors (Lipinski definition) is 2. The summed E-state index contributed by atoms with van der Waals surface area (Å²) in [6.45, 7) is 1.22. The molecule has 0 radical (unpaired) electrons. The van der Waals surface area contributed by atoms with Crippen molar-refractivity contribution in [2.24, 2.45) is 0 Å². The summed E-state index contributed by atoms with van der Waals surface area (Å²) < 4.78 is 0. The average Bonchev–Trinajstić information content (AvgIpc) is 2.22. The lowest BCUT2D eigenvalue weighted by atomic mass is 10.2. The predicted octanol–water partition coefficient (Wildman–Crippen LogP) is 2.56. The van der Waals surface area contributed by atoms with E-state index in [0.29, 0.717) is 10.6 Å². The number of carbonyl (C=O) groups excluding carboxylic acids is 1. The van der Waals surface area contributed by atoms with E-state index in [9.17, 15) is 9.59 Å². The molecule has 1 rings (SSSR count). The smallest absolute Gasteiger partial charge is 0.352 e. The van der Waals surface area contributed by atoms with E-state index in [1.807, 2.05) is 0 Å². The van der Waals surface area contributed by atoms with E-state index in [2.05, 4.69) is 5.32 Å². The molecular weight excluding hydrogens is 265 g/mol. The normalized spacial score (nSPS) is 11.1. The van der Waals surface area contributed by atoms with Gasteiger partial charge in [-0.1, -0.05) is 35.3 Å². The van der Waals surface area contributed by atoms with Gasteiger partial charge in [-0.3, -0.25) is 4.79 Å². The number of benzene rings is 1. The van der Waals surface area contributed by atoms with Crippen molar-refractivity contribution in [1.82, 2.24) is 5.32 Å². The quantitative estimate of drug-likeness (QED) is 0.832. The molecule has 0 saturated heterocycles. The van der Waals surface area contributed by atoms with Gasteiger partial charge in [0, 0.05) is 6.92 Å². The molecule has 90 valence electrons. The molecule has 0 saturated carbocycles. The van der Waals surface area contributed by atoms with E-state index in [1.54, 1.807) is 18.2 Å². The maximum Gasteiger partial charge on any atom is 0.352 e. The highest BCUT2D eigenvalue weighted by Gasteiger charge is 2.10. The Balaban J connectivity index is 3.17. The van der Waals surface area contributed by atoms with Gasteiger partial charge in [0.2, 0.25) is 5.91 Å². The van der Waals surface area contributed by atoms with Gasteiger partial charge >= 0.3 is 5.97 Å². The SMILES string of the molecule is CC(=O)N/C(=C\c1cccc(Cl)c1Cl)C(=O)O. The van der Waals surface area contributed by atoms with Gasteiger partial charge in [0.25, 0.3) is 0 Å². The molecule has 0 spiro atoms. The maximum absolute atomic E-state index is 10.9. The molecule has 0 heterocycles. The predicted molar refractivity (Wildman–Crippen MR) is 65.9 cm³/mol. The highest BCUT2D eigenvalue weighted by molar-refractivity contribution is 6.42. The first-order valence-corrected chi connectivity index (χ1v) is 5.34. The number of hydrogen-bond donors (Lipinski definition) is 2. The van der Waals surface area contributed by atoms with Gasteiger partial charge in [-0.05, 0) is 17.7 Å². The lowest BCUT2D eigenvalue weighted by Crippen LogP contribution is -2.24. The summed E-state index contributed by atoms with van der Waals surface area (Å²) in [4.78, 5) is 21.7. The largest absolute Gasteiger partial charge is 0.477 e. The van der Waals surface area contributed by atoms with E-state index in [1.165, 1.54) is 13.0 Å². The fourth-order valence-electron chi connectivity index (χ4n) is 1.13. The topological polar surface area (TPSA) is 66.4 Å². The van der Waals surface area contributed by atoms with E-state index >= 15 is 0 Å². The number of rotatable bonds is 3. The fourth-order valence-corrected chi connectivity index (χ4v) is 1.49. The van der Waals surface area contributed by atoms with Crippen LogP contribution in [-0.4, -0.2) is 17.0 Å². The second kappa shape index (κ2) is 5.70. The molecule has 1 aromatic rings. The molecule has 17 heavy (non-hydrogen) atoms. The second-order valence-corrected chi connectivity index (χ2v) is 3.97. The van der Waals surface area contributed by atoms with Crippen molar-refractivity contribution < 1.29 is 14.7 Å². The van der Waals surface area contributed by atoms with Gasteiger partial charge in [-0.25, -0.2) is 4.79 Å². The van der Waals surface area contributed by atoms with Crippen molar-refractivity contribution in [3.63, 3.8) is 0 Å². The van der Waals surface area contributed by atoms with Gasteiger partial charge < -0.3 is 10.4 Å². The Labute approximate surface area is 108 Å². The van der Waals surface area contributed by atoms with Gasteiger partial charge in [0.1, 0.15) is 5.70 Å². The van der Waals surface area contributed by atoms with Crippen molar-refractivity contribution in [3.05, 3.63) is 39.5 Å². The number of aliphatic carboxylic acids is 1. The molecule has 0 aromatic heterocycles. The molecule has 0 aliphatic rings. The van der Waals surface area contributed by atoms with Crippen LogP contribution in [0.25, 0.3) is 6.08 Å². The molecule has 1 aromatic carbocycles. The minimum atomic E-state index is -1.25. The number of carboxylic acid groups (broad SMARTS) is 1. The van der Waals surface area contributed by atoms with Crippen molar-refractivity contribution >= 4 is 41.2 Å². The van der Waals surface area contributed by atoms with E-state index in [-0.39, 0.29) is 10.7 Å². The highest BCUT2D eigenvalue weighted by Crippen LogP contribution is 2.26. The molecular formula is C11H9Cl2NO3. The third kappa shape index (κ3) is 3.76. The molecule has 6 heteroatoms. The van der Waals surface area contributed by atoms with Crippen LogP contribution in [0.1, 0.15) is 12.5 Å². The molecule has 1 amide bonds. The van der Waals surface area contributed by atoms with Gasteiger partial charge in [0.05, 0.1) is 10.0 Å². The van der Waals surface area contributed by atoms with Crippen LogP contribution in [0.4, 0.5) is 0 Å². The standard InChI is InChI=1S/C11H9Cl2NO3/c1-6(15)14-9(11(16)17)5-7-3-2-4-8(12)10(7)13/h2-5H,1H3,(H,14,15)(H,16,17)/b9-5-. The van der Waals surface area contributed by atoms with Crippen LogP contribution in [0.15, 0.2) is 23.9 Å². The average molecular weight is 274 g/mol. The summed E-state index contributed by atoms with van der Waals surface area (Å²) in [5.74, 6) is -1.73. The van der Waals surface area contributed by atoms with E-state index < -0.39 is 11.9 Å². The Morgan fingerprint density at radius 2 is 2.00 bits per heavy atom. The summed E-state index contributed by atoms with van der Waals surface area (Å²) in [6, 6.07) is 4.81. The van der Waals surface area contributed by atoms with E-state index in [4.69, 9.17) is 28.3 Å². The van der Waals surface area contributed by atoms with E-state index in [0.717, 1.165) is 0 Å². The highest BCUT2D eigenvalue weighted by atomic mass is 35.5. The van der Waals surface area contributed by atoms with Crippen LogP contribution >= 0.6 is 23.2 Å². The Hall–Kier alpha value is -1.52. The zero-order valence-electron chi connectivity index (χ0n) is 8.83.